The molecule has 2 fully saturated rings. The van der Waals surface area contributed by atoms with E-state index in [0.29, 0.717) is 18.5 Å². The van der Waals surface area contributed by atoms with Crippen molar-refractivity contribution in [1.29, 1.82) is 0 Å². The largest absolute Gasteiger partial charge is 0.493 e. The summed E-state index contributed by atoms with van der Waals surface area (Å²) in [5.74, 6) is 3.10. The van der Waals surface area contributed by atoms with Gasteiger partial charge in [-0.05, 0) is 44.2 Å². The second-order valence-electron chi connectivity index (χ2n) is 7.31. The number of hydrogen-bond donors (Lipinski definition) is 2. The van der Waals surface area contributed by atoms with Crippen molar-refractivity contribution in [2.24, 2.45) is 16.8 Å². The molecule has 1 saturated carbocycles. The Bertz CT molecular complexity index is 603. The van der Waals surface area contributed by atoms with Crippen LogP contribution in [0.1, 0.15) is 37.8 Å². The lowest BCUT2D eigenvalue weighted by Gasteiger charge is -2.15. The van der Waals surface area contributed by atoms with E-state index >= 15 is 0 Å². The molecule has 1 aromatic rings. The number of nitrogens with zero attached hydrogens (tertiary/aromatic N) is 1. The highest BCUT2D eigenvalue weighted by atomic mass is 127. The molecule has 5 nitrogen and oxygen atoms in total. The van der Waals surface area contributed by atoms with Crippen molar-refractivity contribution < 1.29 is 9.47 Å². The van der Waals surface area contributed by atoms with Crippen LogP contribution in [0.15, 0.2) is 23.2 Å². The average Bonchev–Trinajstić information content (AvgIpc) is 3.07. The van der Waals surface area contributed by atoms with E-state index in [-0.39, 0.29) is 24.0 Å². The molecule has 6 heteroatoms. The van der Waals surface area contributed by atoms with Crippen LogP contribution in [0.5, 0.6) is 5.75 Å². The topological polar surface area (TPSA) is 54.9 Å². The summed E-state index contributed by atoms with van der Waals surface area (Å²) in [5.41, 5.74) is 2.34. The Morgan fingerprint density at radius 1 is 1.38 bits per heavy atom. The lowest BCUT2D eigenvalue weighted by Crippen LogP contribution is -2.39. The van der Waals surface area contributed by atoms with E-state index in [4.69, 9.17) is 14.5 Å². The number of rotatable bonds is 7. The highest BCUT2D eigenvalue weighted by molar-refractivity contribution is 14.0. The molecule has 1 aromatic carbocycles. The normalized spacial score (nSPS) is 24.7. The summed E-state index contributed by atoms with van der Waals surface area (Å²) in [5, 5.41) is 6.83. The fourth-order valence-electron chi connectivity index (χ4n) is 3.03. The van der Waals surface area contributed by atoms with Crippen LogP contribution in [0.4, 0.5) is 0 Å². The van der Waals surface area contributed by atoms with Crippen LogP contribution in [0, 0.1) is 18.8 Å². The van der Waals surface area contributed by atoms with Gasteiger partial charge in [0, 0.05) is 30.7 Å². The number of halogens is 1. The highest BCUT2D eigenvalue weighted by Crippen LogP contribution is 2.29. The average molecular weight is 473 g/mol. The summed E-state index contributed by atoms with van der Waals surface area (Å²) < 4.78 is 11.6. The van der Waals surface area contributed by atoms with Crippen LogP contribution in [-0.2, 0) is 11.3 Å². The molecule has 0 spiro atoms. The van der Waals surface area contributed by atoms with Gasteiger partial charge in [-0.2, -0.15) is 0 Å². The quantitative estimate of drug-likeness (QED) is 0.362. The number of benzene rings is 1. The molecule has 0 aromatic heterocycles. The van der Waals surface area contributed by atoms with Gasteiger partial charge in [0.2, 0.25) is 0 Å². The summed E-state index contributed by atoms with van der Waals surface area (Å²) in [6.45, 7) is 10.3. The minimum Gasteiger partial charge on any atom is -0.493 e. The third kappa shape index (κ3) is 6.30. The molecule has 0 amide bonds. The molecule has 0 bridgehead atoms. The molecule has 146 valence electrons. The maximum Gasteiger partial charge on any atom is 0.191 e. The minimum atomic E-state index is 0. The third-order valence-electron chi connectivity index (χ3n) is 4.90. The summed E-state index contributed by atoms with van der Waals surface area (Å²) in [6.07, 6.45) is 2.32. The van der Waals surface area contributed by atoms with Crippen molar-refractivity contribution in [3.8, 4) is 5.75 Å². The minimum absolute atomic E-state index is 0. The fraction of sp³-hybridized carbons (Fsp3) is 0.650. The second kappa shape index (κ2) is 10.3. The van der Waals surface area contributed by atoms with Crippen molar-refractivity contribution in [2.45, 2.75) is 46.2 Å². The van der Waals surface area contributed by atoms with Gasteiger partial charge in [-0.25, -0.2) is 4.99 Å². The first-order chi connectivity index (χ1) is 12.2. The molecule has 2 aliphatic rings. The van der Waals surface area contributed by atoms with Gasteiger partial charge in [-0.15, -0.1) is 24.0 Å². The Balaban J connectivity index is 0.00000243. The molecular formula is C20H32IN3O2. The number of nitrogens with one attached hydrogen (secondary N) is 2. The van der Waals surface area contributed by atoms with Crippen LogP contribution < -0.4 is 15.4 Å². The SMILES string of the molecule is CCNC(=NCc1ccc(C)cc1OCC1CCOC1)NC1CC1C.I. The highest BCUT2D eigenvalue weighted by Gasteiger charge is 2.33. The monoisotopic (exact) mass is 473 g/mol. The van der Waals surface area contributed by atoms with Gasteiger partial charge >= 0.3 is 0 Å². The first-order valence-corrected chi connectivity index (χ1v) is 9.50. The first-order valence-electron chi connectivity index (χ1n) is 9.50. The van der Waals surface area contributed by atoms with Crippen LogP contribution in [-0.4, -0.2) is 38.4 Å². The Kier molecular flexibility index (Phi) is 8.47. The molecule has 2 N–H and O–H groups in total. The maximum absolute atomic E-state index is 6.11. The predicted octanol–water partition coefficient (Wildman–Crippen LogP) is 3.49. The molecule has 3 atom stereocenters. The third-order valence-corrected chi connectivity index (χ3v) is 4.90. The van der Waals surface area contributed by atoms with E-state index in [0.717, 1.165) is 56.0 Å². The number of ether oxygens (including phenoxy) is 2. The molecule has 0 radical (unpaired) electrons. The summed E-state index contributed by atoms with van der Waals surface area (Å²) in [6, 6.07) is 6.93. The summed E-state index contributed by atoms with van der Waals surface area (Å²) >= 11 is 0. The molecular weight excluding hydrogens is 441 g/mol. The zero-order valence-electron chi connectivity index (χ0n) is 16.1. The lowest BCUT2D eigenvalue weighted by atomic mass is 10.1. The van der Waals surface area contributed by atoms with Crippen LogP contribution in [0.25, 0.3) is 0 Å². The van der Waals surface area contributed by atoms with E-state index < -0.39 is 0 Å². The fourth-order valence-corrected chi connectivity index (χ4v) is 3.03. The molecule has 1 heterocycles. The van der Waals surface area contributed by atoms with Crippen molar-refractivity contribution in [3.05, 3.63) is 29.3 Å². The number of aryl methyl sites for hydroxylation is 1. The lowest BCUT2D eigenvalue weighted by molar-refractivity contribution is 0.166. The van der Waals surface area contributed by atoms with Crippen molar-refractivity contribution in [1.82, 2.24) is 10.6 Å². The zero-order chi connectivity index (χ0) is 17.6. The van der Waals surface area contributed by atoms with Gasteiger partial charge in [-0.1, -0.05) is 19.1 Å². The molecule has 26 heavy (non-hydrogen) atoms. The number of guanidine groups is 1. The van der Waals surface area contributed by atoms with Crippen molar-refractivity contribution in [2.75, 3.05) is 26.4 Å². The molecule has 1 saturated heterocycles. The van der Waals surface area contributed by atoms with E-state index in [9.17, 15) is 0 Å². The van der Waals surface area contributed by atoms with E-state index in [1.807, 2.05) is 0 Å². The van der Waals surface area contributed by atoms with Gasteiger partial charge < -0.3 is 20.1 Å². The Morgan fingerprint density at radius 3 is 2.85 bits per heavy atom. The number of aliphatic imine (C=N–C) groups is 1. The van der Waals surface area contributed by atoms with Crippen LogP contribution in [0.3, 0.4) is 0 Å². The second-order valence-corrected chi connectivity index (χ2v) is 7.31. The molecule has 3 rings (SSSR count). The maximum atomic E-state index is 6.11. The van der Waals surface area contributed by atoms with Crippen LogP contribution in [0.2, 0.25) is 0 Å². The van der Waals surface area contributed by atoms with Crippen LogP contribution >= 0.6 is 24.0 Å². The summed E-state index contributed by atoms with van der Waals surface area (Å²) in [7, 11) is 0. The molecule has 1 aliphatic heterocycles. The van der Waals surface area contributed by atoms with Crippen molar-refractivity contribution >= 4 is 29.9 Å². The van der Waals surface area contributed by atoms with E-state index in [1.165, 1.54) is 12.0 Å². The zero-order valence-corrected chi connectivity index (χ0v) is 18.4. The molecule has 1 aliphatic carbocycles. The number of hydrogen-bond acceptors (Lipinski definition) is 3. The van der Waals surface area contributed by atoms with Gasteiger partial charge in [0.1, 0.15) is 5.75 Å². The Morgan fingerprint density at radius 2 is 2.19 bits per heavy atom. The summed E-state index contributed by atoms with van der Waals surface area (Å²) in [4.78, 5) is 4.76. The Hall–Kier alpha value is -1.02. The Labute approximate surface area is 174 Å². The van der Waals surface area contributed by atoms with E-state index in [2.05, 4.69) is 49.6 Å². The molecule has 3 unspecified atom stereocenters. The van der Waals surface area contributed by atoms with E-state index in [1.54, 1.807) is 0 Å². The standard InChI is InChI=1S/C20H31N3O2.HI/c1-4-21-20(23-18-10-15(18)3)22-11-17-6-5-14(2)9-19(17)25-13-16-7-8-24-12-16;/h5-6,9,15-16,18H,4,7-8,10-13H2,1-3H3,(H2,21,22,23);1H. The first kappa shape index (κ1) is 21.3. The predicted molar refractivity (Wildman–Crippen MR) is 117 cm³/mol. The van der Waals surface area contributed by atoms with Gasteiger partial charge in [0.05, 0.1) is 19.8 Å². The smallest absolute Gasteiger partial charge is 0.191 e. The van der Waals surface area contributed by atoms with Gasteiger partial charge in [-0.3, -0.25) is 0 Å². The van der Waals surface area contributed by atoms with Gasteiger partial charge in [0.15, 0.2) is 5.96 Å². The van der Waals surface area contributed by atoms with Crippen molar-refractivity contribution in [3.63, 3.8) is 0 Å². The van der Waals surface area contributed by atoms with Gasteiger partial charge in [0.25, 0.3) is 0 Å².